The summed E-state index contributed by atoms with van der Waals surface area (Å²) in [6.07, 6.45) is 5.97. The zero-order chi connectivity index (χ0) is 7.98. The first-order valence-electron chi connectivity index (χ1n) is 3.41. The predicted octanol–water partition coefficient (Wildman–Crippen LogP) is 2.97. The molecule has 1 heteroatoms. The molecule has 0 spiro atoms. The molecule has 10 heavy (non-hydrogen) atoms. The lowest BCUT2D eigenvalue weighted by atomic mass is 10.2. The molecule has 0 fully saturated rings. The molecule has 0 unspecified atom stereocenters. The lowest BCUT2D eigenvalue weighted by Crippen LogP contribution is -1.76. The van der Waals surface area contributed by atoms with Crippen LogP contribution in [0.2, 0.25) is 0 Å². The van der Waals surface area contributed by atoms with Gasteiger partial charge in [0.2, 0.25) is 0 Å². The molecule has 1 N–H and O–H groups in total. The summed E-state index contributed by atoms with van der Waals surface area (Å²) in [5, 5.41) is 9.06. The fourth-order valence-corrected chi connectivity index (χ4v) is 0.530. The van der Waals surface area contributed by atoms with Crippen molar-refractivity contribution in [1.82, 2.24) is 0 Å². The summed E-state index contributed by atoms with van der Waals surface area (Å²) < 4.78 is 0. The molecule has 0 saturated heterocycles. The van der Waals surface area contributed by atoms with Crippen LogP contribution in [0.25, 0.3) is 0 Å². The van der Waals surface area contributed by atoms with Crippen LogP contribution in [-0.4, -0.2) is 5.11 Å². The van der Waals surface area contributed by atoms with Crippen molar-refractivity contribution in [2.75, 3.05) is 0 Å². The molecule has 0 atom stereocenters. The molecule has 0 aliphatic heterocycles. The zero-order valence-corrected chi connectivity index (χ0v) is 6.59. The normalized spacial score (nSPS) is 12.4. The highest BCUT2D eigenvalue weighted by Gasteiger charge is 1.85. The van der Waals surface area contributed by atoms with Crippen LogP contribution < -0.4 is 0 Å². The number of allylic oxidation sites excluding steroid dienone is 4. The minimum Gasteiger partial charge on any atom is -0.508 e. The van der Waals surface area contributed by atoms with Crippen molar-refractivity contribution in [1.29, 1.82) is 0 Å². The Morgan fingerprint density at radius 2 is 2.20 bits per heavy atom. The summed E-state index contributed by atoms with van der Waals surface area (Å²) in [4.78, 5) is 0. The second kappa shape index (κ2) is 4.86. The van der Waals surface area contributed by atoms with E-state index in [1.165, 1.54) is 0 Å². The van der Waals surface area contributed by atoms with Crippen LogP contribution in [0.4, 0.5) is 0 Å². The smallest absolute Gasteiger partial charge is 0.115 e. The SMILES string of the molecule is C=C(/C=C(O)\C=C/C)CC. The third-order valence-corrected chi connectivity index (χ3v) is 1.14. The van der Waals surface area contributed by atoms with Gasteiger partial charge in [-0.25, -0.2) is 0 Å². The number of hydrogen-bond donors (Lipinski definition) is 1. The molecule has 0 aromatic heterocycles. The standard InChI is InChI=1S/C9H14O/c1-4-6-9(10)7-8(3)5-2/h4,6-7,10H,3,5H2,1-2H3/b6-4-,9-7+. The van der Waals surface area contributed by atoms with Gasteiger partial charge in [-0.05, 0) is 25.5 Å². The van der Waals surface area contributed by atoms with Gasteiger partial charge in [0.1, 0.15) is 5.76 Å². The van der Waals surface area contributed by atoms with Gasteiger partial charge in [-0.1, -0.05) is 25.2 Å². The Morgan fingerprint density at radius 1 is 1.60 bits per heavy atom. The molecule has 0 amide bonds. The Hall–Kier alpha value is -0.980. The van der Waals surface area contributed by atoms with E-state index in [9.17, 15) is 0 Å². The maximum absolute atomic E-state index is 9.06. The maximum Gasteiger partial charge on any atom is 0.115 e. The van der Waals surface area contributed by atoms with Crippen LogP contribution in [-0.2, 0) is 0 Å². The lowest BCUT2D eigenvalue weighted by Gasteiger charge is -1.92. The highest BCUT2D eigenvalue weighted by molar-refractivity contribution is 5.22. The first kappa shape index (κ1) is 9.02. The summed E-state index contributed by atoms with van der Waals surface area (Å²) in [5.41, 5.74) is 0.940. The van der Waals surface area contributed by atoms with Gasteiger partial charge in [-0.3, -0.25) is 0 Å². The number of rotatable bonds is 3. The van der Waals surface area contributed by atoms with Crippen molar-refractivity contribution >= 4 is 0 Å². The first-order valence-corrected chi connectivity index (χ1v) is 3.41. The van der Waals surface area contributed by atoms with E-state index in [0.717, 1.165) is 12.0 Å². The van der Waals surface area contributed by atoms with Gasteiger partial charge in [0, 0.05) is 0 Å². The van der Waals surface area contributed by atoms with Crippen molar-refractivity contribution in [2.45, 2.75) is 20.3 Å². The number of aliphatic hydroxyl groups is 1. The second-order valence-corrected chi connectivity index (χ2v) is 2.08. The van der Waals surface area contributed by atoms with Crippen molar-refractivity contribution in [2.24, 2.45) is 0 Å². The number of aliphatic hydroxyl groups excluding tert-OH is 1. The Labute approximate surface area is 62.4 Å². The van der Waals surface area contributed by atoms with Crippen molar-refractivity contribution < 1.29 is 5.11 Å². The van der Waals surface area contributed by atoms with E-state index < -0.39 is 0 Å². The zero-order valence-electron chi connectivity index (χ0n) is 6.59. The minimum absolute atomic E-state index is 0.273. The fraction of sp³-hybridized carbons (Fsp3) is 0.333. The fourth-order valence-electron chi connectivity index (χ4n) is 0.530. The molecule has 0 aromatic rings. The highest BCUT2D eigenvalue weighted by Crippen LogP contribution is 2.02. The van der Waals surface area contributed by atoms with E-state index in [1.807, 2.05) is 13.8 Å². The summed E-state index contributed by atoms with van der Waals surface area (Å²) in [5.74, 6) is 0.273. The van der Waals surface area contributed by atoms with Crippen LogP contribution in [0, 0.1) is 0 Å². The molecule has 0 aliphatic rings. The van der Waals surface area contributed by atoms with Crippen LogP contribution in [0.3, 0.4) is 0 Å². The minimum atomic E-state index is 0.273. The van der Waals surface area contributed by atoms with Gasteiger partial charge >= 0.3 is 0 Å². The average molecular weight is 138 g/mol. The monoisotopic (exact) mass is 138 g/mol. The largest absolute Gasteiger partial charge is 0.508 e. The molecule has 0 bridgehead atoms. The summed E-state index contributed by atoms with van der Waals surface area (Å²) in [7, 11) is 0. The van der Waals surface area contributed by atoms with E-state index in [1.54, 1.807) is 18.2 Å². The molecule has 1 nitrogen and oxygen atoms in total. The molecule has 0 saturated carbocycles. The van der Waals surface area contributed by atoms with Crippen LogP contribution >= 0.6 is 0 Å². The van der Waals surface area contributed by atoms with Crippen molar-refractivity contribution in [3.8, 4) is 0 Å². The van der Waals surface area contributed by atoms with Gasteiger partial charge in [-0.15, -0.1) is 0 Å². The van der Waals surface area contributed by atoms with E-state index in [-0.39, 0.29) is 5.76 Å². The summed E-state index contributed by atoms with van der Waals surface area (Å²) >= 11 is 0. The third kappa shape index (κ3) is 3.96. The van der Waals surface area contributed by atoms with Gasteiger partial charge in [0.15, 0.2) is 0 Å². The van der Waals surface area contributed by atoms with Gasteiger partial charge in [-0.2, -0.15) is 0 Å². The molecule has 0 aromatic carbocycles. The Morgan fingerprint density at radius 3 is 2.60 bits per heavy atom. The molecule has 0 heterocycles. The van der Waals surface area contributed by atoms with Gasteiger partial charge in [0.25, 0.3) is 0 Å². The van der Waals surface area contributed by atoms with Crippen LogP contribution in [0.15, 0.2) is 36.1 Å². The molecule has 0 aliphatic carbocycles. The third-order valence-electron chi connectivity index (χ3n) is 1.14. The quantitative estimate of drug-likeness (QED) is 0.469. The van der Waals surface area contributed by atoms with E-state index in [2.05, 4.69) is 6.58 Å². The Bertz CT molecular complexity index is 164. The molecule has 0 radical (unpaired) electrons. The number of hydrogen-bond acceptors (Lipinski definition) is 1. The Kier molecular flexibility index (Phi) is 4.38. The van der Waals surface area contributed by atoms with E-state index in [4.69, 9.17) is 5.11 Å². The molecular weight excluding hydrogens is 124 g/mol. The van der Waals surface area contributed by atoms with Gasteiger partial charge < -0.3 is 5.11 Å². The van der Waals surface area contributed by atoms with Crippen molar-refractivity contribution in [3.63, 3.8) is 0 Å². The lowest BCUT2D eigenvalue weighted by molar-refractivity contribution is 0.432. The second-order valence-electron chi connectivity index (χ2n) is 2.08. The molecular formula is C9H14O. The predicted molar refractivity (Wildman–Crippen MR) is 45.0 cm³/mol. The van der Waals surface area contributed by atoms with Gasteiger partial charge in [0.05, 0.1) is 0 Å². The summed E-state index contributed by atoms with van der Waals surface area (Å²) in [6.45, 7) is 7.59. The average Bonchev–Trinajstić information content (AvgIpc) is 1.88. The Balaban J connectivity index is 4.02. The highest BCUT2D eigenvalue weighted by atomic mass is 16.3. The van der Waals surface area contributed by atoms with Crippen molar-refractivity contribution in [3.05, 3.63) is 36.1 Å². The summed E-state index contributed by atoms with van der Waals surface area (Å²) in [6, 6.07) is 0. The van der Waals surface area contributed by atoms with Crippen LogP contribution in [0.1, 0.15) is 20.3 Å². The van der Waals surface area contributed by atoms with E-state index in [0.29, 0.717) is 0 Å². The first-order chi connectivity index (χ1) is 4.70. The van der Waals surface area contributed by atoms with E-state index >= 15 is 0 Å². The topological polar surface area (TPSA) is 20.2 Å². The maximum atomic E-state index is 9.06. The van der Waals surface area contributed by atoms with Crippen LogP contribution in [0.5, 0.6) is 0 Å². The molecule has 56 valence electrons. The molecule has 0 rings (SSSR count).